The Morgan fingerprint density at radius 1 is 1.36 bits per heavy atom. The average Bonchev–Trinajstić information content (AvgIpc) is 2.39. The zero-order valence-electron chi connectivity index (χ0n) is 13.8. The highest BCUT2D eigenvalue weighted by molar-refractivity contribution is 6.01. The molecule has 1 aliphatic rings. The number of ether oxygens (including phenoxy) is 2. The molecule has 1 amide bonds. The van der Waals surface area contributed by atoms with Crippen molar-refractivity contribution in [2.24, 2.45) is 0 Å². The molecule has 1 aromatic carbocycles. The molecule has 2 rings (SSSR count). The fourth-order valence-corrected chi connectivity index (χ4v) is 2.39. The number of nitrogens with zero attached hydrogens (tertiary/aromatic N) is 1. The van der Waals surface area contributed by atoms with Gasteiger partial charge >= 0.3 is 5.97 Å². The Kier molecular flexibility index (Phi) is 4.44. The number of benzene rings is 1. The van der Waals surface area contributed by atoms with Crippen molar-refractivity contribution in [1.82, 2.24) is 0 Å². The summed E-state index contributed by atoms with van der Waals surface area (Å²) in [6.07, 6.45) is 0. The molecule has 0 saturated heterocycles. The third-order valence-electron chi connectivity index (χ3n) is 3.29. The van der Waals surface area contributed by atoms with Gasteiger partial charge in [-0.15, -0.1) is 0 Å². The number of fused-ring (bicyclic) bond motifs is 1. The third-order valence-corrected chi connectivity index (χ3v) is 3.29. The van der Waals surface area contributed by atoms with Crippen molar-refractivity contribution < 1.29 is 19.1 Å². The van der Waals surface area contributed by atoms with E-state index in [0.29, 0.717) is 11.4 Å². The molecule has 0 fully saturated rings. The first-order valence-electron chi connectivity index (χ1n) is 7.47. The van der Waals surface area contributed by atoms with Crippen LogP contribution in [0.1, 0.15) is 46.1 Å². The molecule has 1 aromatic rings. The maximum atomic E-state index is 12.1. The normalized spacial score (nSPS) is 14.6. The Bertz CT molecular complexity index is 587. The van der Waals surface area contributed by atoms with Crippen molar-refractivity contribution in [3.05, 3.63) is 23.8 Å². The molecule has 0 aliphatic carbocycles. The minimum Gasteiger partial charge on any atom is -0.481 e. The van der Waals surface area contributed by atoms with E-state index in [2.05, 4.69) is 13.8 Å². The summed E-state index contributed by atoms with van der Waals surface area (Å²) in [6.45, 7) is 9.37. The summed E-state index contributed by atoms with van der Waals surface area (Å²) in [5, 5.41) is 0. The fraction of sp³-hybridized carbons (Fsp3) is 0.529. The number of carbonyl (C=O) groups excluding carboxylic acids is 2. The van der Waals surface area contributed by atoms with E-state index in [1.54, 1.807) is 26.8 Å². The van der Waals surface area contributed by atoms with Crippen LogP contribution >= 0.6 is 0 Å². The molecule has 0 N–H and O–H groups in total. The second kappa shape index (κ2) is 5.99. The van der Waals surface area contributed by atoms with Crippen LogP contribution in [0, 0.1) is 0 Å². The van der Waals surface area contributed by atoms with Gasteiger partial charge < -0.3 is 9.47 Å². The standard InChI is InChI=1S/C17H23NO4/c1-11(2)12-7-6-8-13-16(12)21-10-14(19)18(13)9-15(20)22-17(3,4)5/h6-8,11H,9-10H2,1-5H3. The molecule has 0 spiro atoms. The SMILES string of the molecule is CC(C)c1cccc2c1OCC(=O)N2CC(=O)OC(C)(C)C. The number of para-hydroxylation sites is 1. The third kappa shape index (κ3) is 3.59. The van der Waals surface area contributed by atoms with Crippen molar-refractivity contribution in [1.29, 1.82) is 0 Å². The van der Waals surface area contributed by atoms with E-state index in [-0.39, 0.29) is 25.0 Å². The van der Waals surface area contributed by atoms with Gasteiger partial charge in [-0.3, -0.25) is 14.5 Å². The molecular weight excluding hydrogens is 282 g/mol. The second-order valence-electron chi connectivity index (χ2n) is 6.71. The van der Waals surface area contributed by atoms with Crippen LogP contribution < -0.4 is 9.64 Å². The highest BCUT2D eigenvalue weighted by Gasteiger charge is 2.30. The van der Waals surface area contributed by atoms with E-state index < -0.39 is 11.6 Å². The molecule has 5 heteroatoms. The van der Waals surface area contributed by atoms with E-state index in [4.69, 9.17) is 9.47 Å². The fourth-order valence-electron chi connectivity index (χ4n) is 2.39. The van der Waals surface area contributed by atoms with Crippen LogP contribution in [-0.4, -0.2) is 30.6 Å². The van der Waals surface area contributed by atoms with Crippen molar-refractivity contribution in [3.8, 4) is 5.75 Å². The van der Waals surface area contributed by atoms with Gasteiger partial charge in [-0.1, -0.05) is 26.0 Å². The Hall–Kier alpha value is -2.04. The second-order valence-corrected chi connectivity index (χ2v) is 6.71. The number of esters is 1. The summed E-state index contributed by atoms with van der Waals surface area (Å²) in [4.78, 5) is 25.6. The lowest BCUT2D eigenvalue weighted by molar-refractivity contribution is -0.153. The van der Waals surface area contributed by atoms with Gasteiger partial charge in [0, 0.05) is 0 Å². The maximum Gasteiger partial charge on any atom is 0.326 e. The first-order chi connectivity index (χ1) is 10.2. The van der Waals surface area contributed by atoms with E-state index in [1.165, 1.54) is 4.90 Å². The zero-order chi connectivity index (χ0) is 16.5. The van der Waals surface area contributed by atoms with Crippen LogP contribution in [0.15, 0.2) is 18.2 Å². The lowest BCUT2D eigenvalue weighted by Crippen LogP contribution is -2.43. The van der Waals surface area contributed by atoms with Crippen LogP contribution in [0.3, 0.4) is 0 Å². The highest BCUT2D eigenvalue weighted by Crippen LogP contribution is 2.38. The van der Waals surface area contributed by atoms with E-state index >= 15 is 0 Å². The predicted octanol–water partition coefficient (Wildman–Crippen LogP) is 2.88. The summed E-state index contributed by atoms with van der Waals surface area (Å²) in [5.74, 6) is 0.287. The van der Waals surface area contributed by atoms with Crippen molar-refractivity contribution in [2.75, 3.05) is 18.1 Å². The summed E-state index contributed by atoms with van der Waals surface area (Å²) in [7, 11) is 0. The molecule has 1 aliphatic heterocycles. The molecule has 0 aromatic heterocycles. The van der Waals surface area contributed by atoms with E-state index in [1.807, 2.05) is 12.1 Å². The van der Waals surface area contributed by atoms with Crippen LogP contribution in [-0.2, 0) is 14.3 Å². The number of anilines is 1. The summed E-state index contributed by atoms with van der Waals surface area (Å²) < 4.78 is 10.9. The molecular formula is C17H23NO4. The van der Waals surface area contributed by atoms with Gasteiger partial charge in [0.05, 0.1) is 5.69 Å². The summed E-state index contributed by atoms with van der Waals surface area (Å²) >= 11 is 0. The molecule has 0 bridgehead atoms. The lowest BCUT2D eigenvalue weighted by Gasteiger charge is -2.31. The largest absolute Gasteiger partial charge is 0.481 e. The molecule has 5 nitrogen and oxygen atoms in total. The Morgan fingerprint density at radius 2 is 2.05 bits per heavy atom. The van der Waals surface area contributed by atoms with Crippen molar-refractivity contribution in [3.63, 3.8) is 0 Å². The van der Waals surface area contributed by atoms with Gasteiger partial charge in [-0.25, -0.2) is 0 Å². The quantitative estimate of drug-likeness (QED) is 0.806. The first-order valence-corrected chi connectivity index (χ1v) is 7.47. The Morgan fingerprint density at radius 3 is 2.64 bits per heavy atom. The Balaban J connectivity index is 2.29. The smallest absolute Gasteiger partial charge is 0.326 e. The highest BCUT2D eigenvalue weighted by atomic mass is 16.6. The van der Waals surface area contributed by atoms with Gasteiger partial charge in [0.2, 0.25) is 0 Å². The first kappa shape index (κ1) is 16.3. The number of amides is 1. The Labute approximate surface area is 131 Å². The molecule has 0 unspecified atom stereocenters. The molecule has 1 heterocycles. The van der Waals surface area contributed by atoms with Gasteiger partial charge in [-0.05, 0) is 38.3 Å². The number of rotatable bonds is 3. The minimum absolute atomic E-state index is 0.0560. The number of carbonyl (C=O) groups is 2. The minimum atomic E-state index is -0.574. The molecule has 22 heavy (non-hydrogen) atoms. The zero-order valence-corrected chi connectivity index (χ0v) is 13.8. The van der Waals surface area contributed by atoms with Gasteiger partial charge in [0.15, 0.2) is 6.61 Å². The van der Waals surface area contributed by atoms with Crippen LogP contribution in [0.25, 0.3) is 0 Å². The number of hydrogen-bond acceptors (Lipinski definition) is 4. The predicted molar refractivity (Wildman–Crippen MR) is 84.2 cm³/mol. The van der Waals surface area contributed by atoms with Crippen LogP contribution in [0.2, 0.25) is 0 Å². The topological polar surface area (TPSA) is 55.8 Å². The van der Waals surface area contributed by atoms with Gasteiger partial charge in [0.25, 0.3) is 5.91 Å². The van der Waals surface area contributed by atoms with E-state index in [9.17, 15) is 9.59 Å². The number of hydrogen-bond donors (Lipinski definition) is 0. The van der Waals surface area contributed by atoms with Crippen molar-refractivity contribution in [2.45, 2.75) is 46.1 Å². The summed E-state index contributed by atoms with van der Waals surface area (Å²) in [5.41, 5.74) is 1.09. The lowest BCUT2D eigenvalue weighted by atomic mass is 10.00. The van der Waals surface area contributed by atoms with E-state index in [0.717, 1.165) is 5.56 Å². The van der Waals surface area contributed by atoms with Gasteiger partial charge in [-0.2, -0.15) is 0 Å². The summed E-state index contributed by atoms with van der Waals surface area (Å²) in [6, 6.07) is 5.64. The van der Waals surface area contributed by atoms with Gasteiger partial charge in [0.1, 0.15) is 17.9 Å². The average molecular weight is 305 g/mol. The molecule has 0 saturated carbocycles. The maximum absolute atomic E-state index is 12.1. The van der Waals surface area contributed by atoms with Crippen LogP contribution in [0.4, 0.5) is 5.69 Å². The monoisotopic (exact) mass is 305 g/mol. The molecule has 120 valence electrons. The molecule has 0 atom stereocenters. The van der Waals surface area contributed by atoms with Crippen molar-refractivity contribution >= 4 is 17.6 Å². The molecule has 0 radical (unpaired) electrons. The van der Waals surface area contributed by atoms with Crippen LogP contribution in [0.5, 0.6) is 5.75 Å².